The molecule has 0 aliphatic heterocycles. The fraction of sp³-hybridized carbons (Fsp3) is 0.182. The number of hydrogen-bond acceptors (Lipinski definition) is 4. The molecular formula is C22H22N2O3. The van der Waals surface area contributed by atoms with E-state index in [4.69, 9.17) is 9.47 Å². The van der Waals surface area contributed by atoms with Gasteiger partial charge in [0.25, 0.3) is 5.91 Å². The van der Waals surface area contributed by atoms with E-state index in [-0.39, 0.29) is 5.57 Å². The van der Waals surface area contributed by atoms with Gasteiger partial charge < -0.3 is 14.8 Å². The number of benzene rings is 2. The second kappa shape index (κ2) is 9.25. The fourth-order valence-corrected chi connectivity index (χ4v) is 2.42. The molecule has 0 heterocycles. The SMILES string of the molecule is C=CCOc1ccc(/C=C(/C#N)C(=O)Nc2cc(C)ccc2C)cc1OC. The number of nitriles is 1. The first-order valence-electron chi connectivity index (χ1n) is 8.40. The van der Waals surface area contributed by atoms with Crippen molar-refractivity contribution in [2.75, 3.05) is 19.0 Å². The molecule has 0 aromatic heterocycles. The van der Waals surface area contributed by atoms with E-state index in [1.54, 1.807) is 24.3 Å². The van der Waals surface area contributed by atoms with Crippen LogP contribution in [0.2, 0.25) is 0 Å². The topological polar surface area (TPSA) is 71.3 Å². The quantitative estimate of drug-likeness (QED) is 0.449. The Hall–Kier alpha value is -3.52. The van der Waals surface area contributed by atoms with Crippen LogP contribution in [0.5, 0.6) is 11.5 Å². The molecule has 0 spiro atoms. The molecule has 2 aromatic rings. The van der Waals surface area contributed by atoms with Gasteiger partial charge in [-0.25, -0.2) is 0 Å². The van der Waals surface area contributed by atoms with Gasteiger partial charge in [-0.3, -0.25) is 4.79 Å². The standard InChI is InChI=1S/C22H22N2O3/c1-5-10-27-20-9-8-17(13-21(20)26-4)12-18(14-23)22(25)24-19-11-15(2)6-7-16(19)3/h5-9,11-13H,1,10H2,2-4H3,(H,24,25)/b18-12-. The van der Waals surface area contributed by atoms with Gasteiger partial charge in [0.1, 0.15) is 18.2 Å². The normalized spacial score (nSPS) is 10.7. The zero-order valence-corrected chi connectivity index (χ0v) is 15.7. The monoisotopic (exact) mass is 362 g/mol. The van der Waals surface area contributed by atoms with Gasteiger partial charge in [-0.05, 0) is 54.8 Å². The van der Waals surface area contributed by atoms with E-state index < -0.39 is 5.91 Å². The van der Waals surface area contributed by atoms with E-state index in [0.717, 1.165) is 11.1 Å². The molecule has 0 atom stereocenters. The molecule has 0 saturated heterocycles. The largest absolute Gasteiger partial charge is 0.493 e. The number of aryl methyl sites for hydroxylation is 2. The van der Waals surface area contributed by atoms with E-state index >= 15 is 0 Å². The molecule has 0 saturated carbocycles. The molecule has 0 fully saturated rings. The summed E-state index contributed by atoms with van der Waals surface area (Å²) < 4.78 is 10.8. The number of nitrogens with one attached hydrogen (secondary N) is 1. The number of carbonyl (C=O) groups is 1. The van der Waals surface area contributed by atoms with Crippen molar-refractivity contribution in [3.05, 3.63) is 71.3 Å². The second-order valence-corrected chi connectivity index (χ2v) is 5.95. The van der Waals surface area contributed by atoms with Crippen molar-refractivity contribution in [3.63, 3.8) is 0 Å². The lowest BCUT2D eigenvalue weighted by Gasteiger charge is -2.11. The van der Waals surface area contributed by atoms with Gasteiger partial charge in [-0.15, -0.1) is 0 Å². The van der Waals surface area contributed by atoms with Crippen LogP contribution in [0, 0.1) is 25.2 Å². The van der Waals surface area contributed by atoms with Gasteiger partial charge in [0.15, 0.2) is 11.5 Å². The summed E-state index contributed by atoms with van der Waals surface area (Å²) in [6, 6.07) is 12.9. The summed E-state index contributed by atoms with van der Waals surface area (Å²) in [5, 5.41) is 12.2. The average molecular weight is 362 g/mol. The number of anilines is 1. The van der Waals surface area contributed by atoms with E-state index in [0.29, 0.717) is 29.4 Å². The number of ether oxygens (including phenoxy) is 2. The Balaban J connectivity index is 2.26. The summed E-state index contributed by atoms with van der Waals surface area (Å²) in [5.74, 6) is 0.614. The van der Waals surface area contributed by atoms with Gasteiger partial charge in [0.05, 0.1) is 7.11 Å². The molecular weight excluding hydrogens is 340 g/mol. The summed E-state index contributed by atoms with van der Waals surface area (Å²) in [6.45, 7) is 7.81. The minimum Gasteiger partial charge on any atom is -0.493 e. The Morgan fingerprint density at radius 2 is 2.00 bits per heavy atom. The number of amides is 1. The average Bonchev–Trinajstić information content (AvgIpc) is 2.67. The summed E-state index contributed by atoms with van der Waals surface area (Å²) in [4.78, 5) is 12.5. The highest BCUT2D eigenvalue weighted by atomic mass is 16.5. The van der Waals surface area contributed by atoms with Crippen LogP contribution in [-0.2, 0) is 4.79 Å². The highest BCUT2D eigenvalue weighted by molar-refractivity contribution is 6.10. The van der Waals surface area contributed by atoms with Crippen molar-refractivity contribution in [3.8, 4) is 17.6 Å². The second-order valence-electron chi connectivity index (χ2n) is 5.95. The van der Waals surface area contributed by atoms with E-state index in [1.807, 2.05) is 38.1 Å². The molecule has 5 nitrogen and oxygen atoms in total. The highest BCUT2D eigenvalue weighted by Crippen LogP contribution is 2.29. The molecule has 0 aliphatic carbocycles. The van der Waals surface area contributed by atoms with Crippen LogP contribution in [0.1, 0.15) is 16.7 Å². The van der Waals surface area contributed by atoms with Crippen LogP contribution in [-0.4, -0.2) is 19.6 Å². The Morgan fingerprint density at radius 3 is 2.67 bits per heavy atom. The maximum absolute atomic E-state index is 12.5. The Labute approximate surface area is 159 Å². The van der Waals surface area contributed by atoms with Crippen molar-refractivity contribution in [2.45, 2.75) is 13.8 Å². The summed E-state index contributed by atoms with van der Waals surface area (Å²) in [5.41, 5.74) is 3.30. The smallest absolute Gasteiger partial charge is 0.266 e. The lowest BCUT2D eigenvalue weighted by molar-refractivity contribution is -0.112. The lowest BCUT2D eigenvalue weighted by atomic mass is 10.1. The molecule has 0 bridgehead atoms. The predicted molar refractivity (Wildman–Crippen MR) is 107 cm³/mol. The molecule has 1 amide bonds. The van der Waals surface area contributed by atoms with Crippen LogP contribution in [0.15, 0.2) is 54.6 Å². The van der Waals surface area contributed by atoms with Gasteiger partial charge in [-0.2, -0.15) is 5.26 Å². The van der Waals surface area contributed by atoms with E-state index in [9.17, 15) is 10.1 Å². The maximum Gasteiger partial charge on any atom is 0.266 e. The number of methoxy groups -OCH3 is 1. The minimum absolute atomic E-state index is 0.00211. The molecule has 2 rings (SSSR count). The first-order valence-corrected chi connectivity index (χ1v) is 8.40. The van der Waals surface area contributed by atoms with Crippen LogP contribution < -0.4 is 14.8 Å². The number of hydrogen-bond donors (Lipinski definition) is 1. The third kappa shape index (κ3) is 5.23. The molecule has 0 radical (unpaired) electrons. The Bertz CT molecular complexity index is 924. The molecule has 5 heteroatoms. The molecule has 2 aromatic carbocycles. The molecule has 0 unspecified atom stereocenters. The summed E-state index contributed by atoms with van der Waals surface area (Å²) >= 11 is 0. The third-order valence-electron chi connectivity index (χ3n) is 3.86. The molecule has 138 valence electrons. The fourth-order valence-electron chi connectivity index (χ4n) is 2.42. The van der Waals surface area contributed by atoms with Gasteiger partial charge in [-0.1, -0.05) is 30.9 Å². The van der Waals surface area contributed by atoms with Crippen LogP contribution in [0.4, 0.5) is 5.69 Å². The van der Waals surface area contributed by atoms with Crippen molar-refractivity contribution >= 4 is 17.7 Å². The van der Waals surface area contributed by atoms with Crippen LogP contribution >= 0.6 is 0 Å². The zero-order valence-electron chi connectivity index (χ0n) is 15.7. The number of nitrogens with zero attached hydrogens (tertiary/aromatic N) is 1. The summed E-state index contributed by atoms with van der Waals surface area (Å²) in [7, 11) is 1.53. The third-order valence-corrected chi connectivity index (χ3v) is 3.86. The molecule has 0 aliphatic rings. The number of rotatable bonds is 7. The van der Waals surface area contributed by atoms with Crippen molar-refractivity contribution < 1.29 is 14.3 Å². The van der Waals surface area contributed by atoms with Crippen LogP contribution in [0.25, 0.3) is 6.08 Å². The number of carbonyl (C=O) groups excluding carboxylic acids is 1. The van der Waals surface area contributed by atoms with Gasteiger partial charge in [0.2, 0.25) is 0 Å². The maximum atomic E-state index is 12.5. The van der Waals surface area contributed by atoms with Crippen molar-refractivity contribution in [1.29, 1.82) is 5.26 Å². The zero-order chi connectivity index (χ0) is 19.8. The first kappa shape index (κ1) is 19.8. The van der Waals surface area contributed by atoms with E-state index in [2.05, 4.69) is 11.9 Å². The van der Waals surface area contributed by atoms with Crippen molar-refractivity contribution in [2.24, 2.45) is 0 Å². The minimum atomic E-state index is -0.461. The predicted octanol–water partition coefficient (Wildman–Crippen LogP) is 4.42. The van der Waals surface area contributed by atoms with Crippen molar-refractivity contribution in [1.82, 2.24) is 0 Å². The Kier molecular flexibility index (Phi) is 6.79. The van der Waals surface area contributed by atoms with Gasteiger partial charge in [0, 0.05) is 5.69 Å². The first-order chi connectivity index (χ1) is 13.0. The molecule has 27 heavy (non-hydrogen) atoms. The van der Waals surface area contributed by atoms with Crippen LogP contribution in [0.3, 0.4) is 0 Å². The van der Waals surface area contributed by atoms with Gasteiger partial charge >= 0.3 is 0 Å². The lowest BCUT2D eigenvalue weighted by Crippen LogP contribution is -2.14. The van der Waals surface area contributed by atoms with E-state index in [1.165, 1.54) is 13.2 Å². The molecule has 1 N–H and O–H groups in total. The summed E-state index contributed by atoms with van der Waals surface area (Å²) in [6.07, 6.45) is 3.15. The highest BCUT2D eigenvalue weighted by Gasteiger charge is 2.12. The Morgan fingerprint density at radius 1 is 1.22 bits per heavy atom.